The topological polar surface area (TPSA) is 49.5 Å². The Kier molecular flexibility index (Phi) is 4.18. The fraction of sp³-hybridized carbons (Fsp3) is 0.769. The Bertz CT molecular complexity index is 349. The fourth-order valence-electron chi connectivity index (χ4n) is 2.45. The van der Waals surface area contributed by atoms with Gasteiger partial charge in [-0.1, -0.05) is 6.92 Å². The molecule has 0 amide bonds. The predicted octanol–water partition coefficient (Wildman–Crippen LogP) is 1.80. The van der Waals surface area contributed by atoms with Gasteiger partial charge in [-0.15, -0.1) is 0 Å². The number of nitrogens with zero attached hydrogens (tertiary/aromatic N) is 2. The van der Waals surface area contributed by atoms with E-state index >= 15 is 0 Å². The predicted molar refractivity (Wildman–Crippen MR) is 66.0 cm³/mol. The summed E-state index contributed by atoms with van der Waals surface area (Å²) in [4.78, 5) is 6.93. The van der Waals surface area contributed by atoms with Crippen molar-refractivity contribution in [3.8, 4) is 0 Å². The molecule has 1 saturated heterocycles. The highest BCUT2D eigenvalue weighted by Gasteiger charge is 2.24. The van der Waals surface area contributed by atoms with Crippen molar-refractivity contribution < 1.29 is 9.52 Å². The Morgan fingerprint density at radius 1 is 1.65 bits per heavy atom. The summed E-state index contributed by atoms with van der Waals surface area (Å²) in [6.07, 6.45) is 4.28. The molecule has 0 spiro atoms. The molecule has 1 aromatic heterocycles. The maximum absolute atomic E-state index is 9.32. The third-order valence-corrected chi connectivity index (χ3v) is 3.38. The van der Waals surface area contributed by atoms with Gasteiger partial charge in [0, 0.05) is 18.9 Å². The van der Waals surface area contributed by atoms with E-state index < -0.39 is 0 Å². The Morgan fingerprint density at radius 3 is 3.18 bits per heavy atom. The summed E-state index contributed by atoms with van der Waals surface area (Å²) in [7, 11) is 0. The third kappa shape index (κ3) is 3.30. The van der Waals surface area contributed by atoms with Crippen LogP contribution in [0, 0.1) is 0 Å². The van der Waals surface area contributed by atoms with Crippen LogP contribution >= 0.6 is 0 Å². The van der Waals surface area contributed by atoms with Crippen molar-refractivity contribution in [3.05, 3.63) is 17.8 Å². The van der Waals surface area contributed by atoms with E-state index in [4.69, 9.17) is 4.42 Å². The molecular weight excluding hydrogens is 216 g/mol. The minimum atomic E-state index is -0.355. The van der Waals surface area contributed by atoms with Crippen molar-refractivity contribution in [1.82, 2.24) is 9.88 Å². The van der Waals surface area contributed by atoms with E-state index in [1.807, 2.05) is 0 Å². The lowest BCUT2D eigenvalue weighted by molar-refractivity contribution is 0.194. The summed E-state index contributed by atoms with van der Waals surface area (Å²) < 4.78 is 5.55. The molecule has 1 aromatic rings. The number of aromatic nitrogens is 1. The van der Waals surface area contributed by atoms with E-state index in [-0.39, 0.29) is 6.10 Å². The Hall–Kier alpha value is -0.870. The third-order valence-electron chi connectivity index (χ3n) is 3.38. The molecule has 17 heavy (non-hydrogen) atoms. The molecular formula is C13H22N2O2. The molecule has 1 aliphatic heterocycles. The monoisotopic (exact) mass is 238 g/mol. The number of aliphatic hydroxyl groups is 1. The summed E-state index contributed by atoms with van der Waals surface area (Å²) in [6, 6.07) is 0. The van der Waals surface area contributed by atoms with Crippen LogP contribution in [-0.2, 0) is 6.42 Å². The molecule has 1 fully saturated rings. The number of oxazole rings is 1. The molecule has 4 heteroatoms. The van der Waals surface area contributed by atoms with E-state index in [2.05, 4.69) is 16.8 Å². The maximum atomic E-state index is 9.32. The van der Waals surface area contributed by atoms with Gasteiger partial charge in [0.2, 0.25) is 0 Å². The highest BCUT2D eigenvalue weighted by molar-refractivity contribution is 5.03. The highest BCUT2D eigenvalue weighted by Crippen LogP contribution is 2.26. The van der Waals surface area contributed by atoms with Gasteiger partial charge in [0.15, 0.2) is 5.89 Å². The molecule has 0 bridgehead atoms. The SMILES string of the molecule is CCN1CCCC(c2nc(CC(C)O)co2)C1. The van der Waals surface area contributed by atoms with E-state index in [9.17, 15) is 5.11 Å². The minimum absolute atomic E-state index is 0.355. The number of rotatable bonds is 4. The summed E-state index contributed by atoms with van der Waals surface area (Å²) >= 11 is 0. The normalized spacial score (nSPS) is 23.8. The molecule has 1 N–H and O–H groups in total. The lowest BCUT2D eigenvalue weighted by Gasteiger charge is -2.29. The maximum Gasteiger partial charge on any atom is 0.198 e. The van der Waals surface area contributed by atoms with Gasteiger partial charge < -0.3 is 14.4 Å². The van der Waals surface area contributed by atoms with Crippen molar-refractivity contribution in [3.63, 3.8) is 0 Å². The molecule has 2 atom stereocenters. The second-order valence-corrected chi connectivity index (χ2v) is 4.96. The first-order chi connectivity index (χ1) is 8.19. The molecule has 0 radical (unpaired) electrons. The van der Waals surface area contributed by atoms with Crippen LogP contribution < -0.4 is 0 Å². The first kappa shape index (κ1) is 12.6. The number of hydrogen-bond acceptors (Lipinski definition) is 4. The smallest absolute Gasteiger partial charge is 0.198 e. The van der Waals surface area contributed by atoms with Gasteiger partial charge in [0.05, 0.1) is 11.8 Å². The van der Waals surface area contributed by atoms with Crippen LogP contribution in [0.3, 0.4) is 0 Å². The van der Waals surface area contributed by atoms with Gasteiger partial charge in [-0.05, 0) is 32.9 Å². The number of aliphatic hydroxyl groups excluding tert-OH is 1. The van der Waals surface area contributed by atoms with Crippen LogP contribution in [0.15, 0.2) is 10.7 Å². The van der Waals surface area contributed by atoms with Gasteiger partial charge in [0.25, 0.3) is 0 Å². The van der Waals surface area contributed by atoms with Gasteiger partial charge >= 0.3 is 0 Å². The first-order valence-corrected chi connectivity index (χ1v) is 6.53. The van der Waals surface area contributed by atoms with Gasteiger partial charge in [-0.2, -0.15) is 0 Å². The van der Waals surface area contributed by atoms with Crippen LogP contribution in [0.2, 0.25) is 0 Å². The highest BCUT2D eigenvalue weighted by atomic mass is 16.3. The van der Waals surface area contributed by atoms with Crippen LogP contribution in [0.1, 0.15) is 44.2 Å². The van der Waals surface area contributed by atoms with Crippen molar-refractivity contribution >= 4 is 0 Å². The van der Waals surface area contributed by atoms with Gasteiger partial charge in [0.1, 0.15) is 6.26 Å². The van der Waals surface area contributed by atoms with E-state index in [1.165, 1.54) is 13.0 Å². The van der Waals surface area contributed by atoms with Crippen molar-refractivity contribution in [2.24, 2.45) is 0 Å². The Labute approximate surface area is 103 Å². The average Bonchev–Trinajstić information content (AvgIpc) is 2.77. The molecule has 1 aliphatic rings. The number of piperidine rings is 1. The molecule has 0 aromatic carbocycles. The summed E-state index contributed by atoms with van der Waals surface area (Å²) in [5, 5.41) is 9.32. The molecule has 4 nitrogen and oxygen atoms in total. The summed E-state index contributed by atoms with van der Waals surface area (Å²) in [5.41, 5.74) is 0.864. The average molecular weight is 238 g/mol. The van der Waals surface area contributed by atoms with E-state index in [1.54, 1.807) is 13.2 Å². The van der Waals surface area contributed by atoms with E-state index in [0.717, 1.165) is 31.1 Å². The van der Waals surface area contributed by atoms with Crippen LogP contribution in [-0.4, -0.2) is 40.7 Å². The number of likely N-dealkylation sites (N-methyl/N-ethyl adjacent to an activating group) is 1. The van der Waals surface area contributed by atoms with Gasteiger partial charge in [-0.3, -0.25) is 0 Å². The number of likely N-dealkylation sites (tertiary alicyclic amines) is 1. The number of hydrogen-bond donors (Lipinski definition) is 1. The van der Waals surface area contributed by atoms with Crippen LogP contribution in [0.4, 0.5) is 0 Å². The summed E-state index contributed by atoms with van der Waals surface area (Å²) in [5.74, 6) is 1.27. The van der Waals surface area contributed by atoms with Gasteiger partial charge in [-0.25, -0.2) is 4.98 Å². The van der Waals surface area contributed by atoms with Crippen LogP contribution in [0.25, 0.3) is 0 Å². The standard InChI is InChI=1S/C13H22N2O2/c1-3-15-6-4-5-11(8-15)13-14-12(9-17-13)7-10(2)16/h9-11,16H,3-8H2,1-2H3. The quantitative estimate of drug-likeness (QED) is 0.869. The molecule has 0 aliphatic carbocycles. The molecule has 96 valence electrons. The van der Waals surface area contributed by atoms with E-state index in [0.29, 0.717) is 12.3 Å². The second-order valence-electron chi connectivity index (χ2n) is 4.96. The minimum Gasteiger partial charge on any atom is -0.448 e. The first-order valence-electron chi connectivity index (χ1n) is 6.53. The molecule has 2 rings (SSSR count). The van der Waals surface area contributed by atoms with Crippen LogP contribution in [0.5, 0.6) is 0 Å². The van der Waals surface area contributed by atoms with Crippen molar-refractivity contribution in [1.29, 1.82) is 0 Å². The zero-order chi connectivity index (χ0) is 12.3. The zero-order valence-corrected chi connectivity index (χ0v) is 10.7. The molecule has 2 unspecified atom stereocenters. The van der Waals surface area contributed by atoms with Crippen molar-refractivity contribution in [2.75, 3.05) is 19.6 Å². The Morgan fingerprint density at radius 2 is 2.47 bits per heavy atom. The second kappa shape index (κ2) is 5.65. The molecule has 0 saturated carbocycles. The Balaban J connectivity index is 1.99. The lowest BCUT2D eigenvalue weighted by atomic mass is 9.98. The van der Waals surface area contributed by atoms with Crippen molar-refractivity contribution in [2.45, 2.75) is 45.1 Å². The molecule has 2 heterocycles. The largest absolute Gasteiger partial charge is 0.448 e. The zero-order valence-electron chi connectivity index (χ0n) is 10.7. The summed E-state index contributed by atoms with van der Waals surface area (Å²) in [6.45, 7) is 7.29. The fourth-order valence-corrected chi connectivity index (χ4v) is 2.45. The lowest BCUT2D eigenvalue weighted by Crippen LogP contribution is -2.34.